The van der Waals surface area contributed by atoms with Crippen molar-refractivity contribution in [3.8, 4) is 0 Å². The largest absolute Gasteiger partial charge is 0.344 e. The minimum Gasteiger partial charge on any atom is -0.344 e. The van der Waals surface area contributed by atoms with Crippen molar-refractivity contribution in [1.82, 2.24) is 10.3 Å². The lowest BCUT2D eigenvalue weighted by Crippen LogP contribution is -2.25. The quantitative estimate of drug-likeness (QED) is 0.726. The summed E-state index contributed by atoms with van der Waals surface area (Å²) in [6, 6.07) is 3.05. The van der Waals surface area contributed by atoms with Crippen LogP contribution < -0.4 is 5.32 Å². The molecule has 0 atom stereocenters. The summed E-state index contributed by atoms with van der Waals surface area (Å²) in [5.41, 5.74) is 0.242. The zero-order valence-electron chi connectivity index (χ0n) is 6.66. The van der Waals surface area contributed by atoms with Crippen molar-refractivity contribution >= 4 is 23.8 Å². The Morgan fingerprint density at radius 3 is 2.92 bits per heavy atom. The summed E-state index contributed by atoms with van der Waals surface area (Å²) >= 11 is 5.57. The molecule has 0 aliphatic carbocycles. The van der Waals surface area contributed by atoms with Crippen LogP contribution in [0.4, 0.5) is 0 Å². The first-order valence-electron chi connectivity index (χ1n) is 3.57. The summed E-state index contributed by atoms with van der Waals surface area (Å²) in [4.78, 5) is 24.8. The van der Waals surface area contributed by atoms with Gasteiger partial charge in [0.05, 0.1) is 11.6 Å². The van der Waals surface area contributed by atoms with Gasteiger partial charge >= 0.3 is 0 Å². The number of carbonyl (C=O) groups excluding carboxylic acids is 2. The molecule has 1 aromatic heterocycles. The summed E-state index contributed by atoms with van der Waals surface area (Å²) in [5.74, 6) is -0.385. The molecule has 1 aromatic rings. The van der Waals surface area contributed by atoms with Gasteiger partial charge in [-0.2, -0.15) is 0 Å². The number of hydrogen-bond acceptors (Lipinski definition) is 3. The van der Waals surface area contributed by atoms with Crippen molar-refractivity contribution in [3.05, 3.63) is 29.0 Å². The molecule has 68 valence electrons. The van der Waals surface area contributed by atoms with Gasteiger partial charge in [0.2, 0.25) is 0 Å². The zero-order chi connectivity index (χ0) is 9.68. The molecular weight excluding hydrogens is 192 g/mol. The van der Waals surface area contributed by atoms with Gasteiger partial charge in [0.15, 0.2) is 0 Å². The van der Waals surface area contributed by atoms with Gasteiger partial charge in [0.25, 0.3) is 5.91 Å². The van der Waals surface area contributed by atoms with Crippen LogP contribution in [0.2, 0.25) is 5.02 Å². The van der Waals surface area contributed by atoms with E-state index < -0.39 is 0 Å². The van der Waals surface area contributed by atoms with Crippen molar-refractivity contribution in [3.63, 3.8) is 0 Å². The molecule has 13 heavy (non-hydrogen) atoms. The van der Waals surface area contributed by atoms with Gasteiger partial charge in [0.1, 0.15) is 12.0 Å². The number of nitrogens with one attached hydrogen (secondary N) is 1. The number of nitrogens with zero attached hydrogens (tertiary/aromatic N) is 1. The van der Waals surface area contributed by atoms with Crippen molar-refractivity contribution in [2.75, 3.05) is 6.54 Å². The molecule has 1 rings (SSSR count). The van der Waals surface area contributed by atoms with Gasteiger partial charge in [-0.05, 0) is 12.1 Å². The standard InChI is InChI=1S/C8H7ClN2O2/c9-6-1-2-7(11-5-6)8(13)10-3-4-12/h1-2,4-5H,3H2,(H,10,13). The molecule has 0 bridgehead atoms. The Morgan fingerprint density at radius 2 is 2.38 bits per heavy atom. The third-order valence-electron chi connectivity index (χ3n) is 1.31. The first-order chi connectivity index (χ1) is 6.24. The number of carbonyl (C=O) groups is 2. The summed E-state index contributed by atoms with van der Waals surface area (Å²) in [7, 11) is 0. The maximum atomic E-state index is 11.1. The predicted octanol–water partition coefficient (Wildman–Crippen LogP) is 0.664. The molecule has 1 heterocycles. The maximum Gasteiger partial charge on any atom is 0.270 e. The first-order valence-corrected chi connectivity index (χ1v) is 3.95. The minimum absolute atomic E-state index is 0.0108. The average molecular weight is 199 g/mol. The van der Waals surface area contributed by atoms with Gasteiger partial charge in [-0.1, -0.05) is 11.6 Å². The highest BCUT2D eigenvalue weighted by atomic mass is 35.5. The number of hydrogen-bond donors (Lipinski definition) is 1. The van der Waals surface area contributed by atoms with E-state index in [9.17, 15) is 9.59 Å². The third kappa shape index (κ3) is 2.83. The van der Waals surface area contributed by atoms with E-state index in [0.717, 1.165) is 0 Å². The number of aromatic nitrogens is 1. The lowest BCUT2D eigenvalue weighted by Gasteiger charge is -1.99. The van der Waals surface area contributed by atoms with E-state index in [1.54, 1.807) is 6.07 Å². The van der Waals surface area contributed by atoms with Crippen LogP contribution in [0.1, 0.15) is 10.5 Å². The Labute approximate surface area is 79.9 Å². The number of halogens is 1. The van der Waals surface area contributed by atoms with Gasteiger partial charge in [0, 0.05) is 6.20 Å². The van der Waals surface area contributed by atoms with Crippen molar-refractivity contribution < 1.29 is 9.59 Å². The van der Waals surface area contributed by atoms with E-state index in [1.807, 2.05) is 0 Å². The monoisotopic (exact) mass is 198 g/mol. The van der Waals surface area contributed by atoms with E-state index in [4.69, 9.17) is 11.6 Å². The Hall–Kier alpha value is -1.42. The Kier molecular flexibility index (Phi) is 3.40. The molecule has 0 saturated carbocycles. The summed E-state index contributed by atoms with van der Waals surface area (Å²) < 4.78 is 0. The molecular formula is C8H7ClN2O2. The lowest BCUT2D eigenvalue weighted by atomic mass is 10.3. The first kappa shape index (κ1) is 9.67. The topological polar surface area (TPSA) is 59.1 Å². The highest BCUT2D eigenvalue weighted by Gasteiger charge is 2.04. The van der Waals surface area contributed by atoms with E-state index in [2.05, 4.69) is 10.3 Å². The van der Waals surface area contributed by atoms with E-state index >= 15 is 0 Å². The van der Waals surface area contributed by atoms with Crippen LogP contribution >= 0.6 is 11.6 Å². The molecule has 0 spiro atoms. The van der Waals surface area contributed by atoms with Gasteiger partial charge in [-0.15, -0.1) is 0 Å². The SMILES string of the molecule is O=CCNC(=O)c1ccc(Cl)cn1. The smallest absolute Gasteiger partial charge is 0.270 e. The third-order valence-corrected chi connectivity index (χ3v) is 1.53. The molecule has 5 heteroatoms. The highest BCUT2D eigenvalue weighted by molar-refractivity contribution is 6.30. The number of rotatable bonds is 3. The number of amides is 1. The fraction of sp³-hybridized carbons (Fsp3) is 0.125. The molecule has 0 radical (unpaired) electrons. The van der Waals surface area contributed by atoms with E-state index in [-0.39, 0.29) is 18.1 Å². The maximum absolute atomic E-state index is 11.1. The second-order valence-corrected chi connectivity index (χ2v) is 2.67. The average Bonchev–Trinajstić information content (AvgIpc) is 2.15. The van der Waals surface area contributed by atoms with Crippen molar-refractivity contribution in [1.29, 1.82) is 0 Å². The highest BCUT2D eigenvalue weighted by Crippen LogP contribution is 2.05. The van der Waals surface area contributed by atoms with Gasteiger partial charge in [-0.25, -0.2) is 4.98 Å². The normalized spacial score (nSPS) is 9.31. The molecule has 0 aliphatic heterocycles. The molecule has 0 aliphatic rings. The predicted molar refractivity (Wildman–Crippen MR) is 47.6 cm³/mol. The Balaban J connectivity index is 2.66. The molecule has 1 amide bonds. The molecule has 4 nitrogen and oxygen atoms in total. The van der Waals surface area contributed by atoms with Crippen molar-refractivity contribution in [2.24, 2.45) is 0 Å². The van der Waals surface area contributed by atoms with Crippen molar-refractivity contribution in [2.45, 2.75) is 0 Å². The van der Waals surface area contributed by atoms with Crippen LogP contribution in [-0.4, -0.2) is 23.7 Å². The van der Waals surface area contributed by atoms with Crippen LogP contribution in [0, 0.1) is 0 Å². The van der Waals surface area contributed by atoms with Crippen LogP contribution in [-0.2, 0) is 4.79 Å². The molecule has 0 fully saturated rings. The Bertz CT molecular complexity index is 310. The number of pyridine rings is 1. The van der Waals surface area contributed by atoms with Crippen LogP contribution in [0.3, 0.4) is 0 Å². The van der Waals surface area contributed by atoms with E-state index in [1.165, 1.54) is 12.3 Å². The summed E-state index contributed by atoms with van der Waals surface area (Å²) in [5, 5.41) is 2.82. The van der Waals surface area contributed by atoms with Crippen LogP contribution in [0.15, 0.2) is 18.3 Å². The van der Waals surface area contributed by atoms with Crippen LogP contribution in [0.5, 0.6) is 0 Å². The zero-order valence-corrected chi connectivity index (χ0v) is 7.41. The lowest BCUT2D eigenvalue weighted by molar-refractivity contribution is -0.107. The second-order valence-electron chi connectivity index (χ2n) is 2.24. The Morgan fingerprint density at radius 1 is 1.62 bits per heavy atom. The minimum atomic E-state index is -0.385. The van der Waals surface area contributed by atoms with E-state index in [0.29, 0.717) is 11.3 Å². The fourth-order valence-electron chi connectivity index (χ4n) is 0.735. The van der Waals surface area contributed by atoms with Gasteiger partial charge < -0.3 is 10.1 Å². The van der Waals surface area contributed by atoms with Gasteiger partial charge in [-0.3, -0.25) is 4.79 Å². The molecule has 0 aromatic carbocycles. The second kappa shape index (κ2) is 4.57. The van der Waals surface area contributed by atoms with Crippen LogP contribution in [0.25, 0.3) is 0 Å². The molecule has 1 N–H and O–H groups in total. The fourth-order valence-corrected chi connectivity index (χ4v) is 0.847. The summed E-state index contributed by atoms with van der Waals surface area (Å²) in [6.45, 7) is -0.0108. The molecule has 0 saturated heterocycles. The molecule has 0 unspecified atom stereocenters. The number of aldehydes is 1. The summed E-state index contributed by atoms with van der Waals surface area (Å²) in [6.07, 6.45) is 1.98.